The number of aliphatic hydroxyl groups excluding tert-OH is 2. The molecule has 1 aliphatic carbocycles. The Labute approximate surface area is 246 Å². The molecule has 0 amide bonds. The molecule has 2 aromatic carbocycles. The van der Waals surface area contributed by atoms with E-state index >= 15 is 0 Å². The van der Waals surface area contributed by atoms with E-state index in [1.807, 2.05) is 6.92 Å². The molecule has 1 saturated carbocycles. The SMILES string of the molecule is CCCC(O)COC(=O)C1(O)C[C@@H](OC(=O)/C=C/c2ccc(O)c(O)c2)C(O)[C@H](OC(=O)/C=C/c2ccc(O)c(O)c2)C1. The monoisotopic (exact) mass is 602 g/mol. The highest BCUT2D eigenvalue weighted by Crippen LogP contribution is 2.34. The molecular weight excluding hydrogens is 568 g/mol. The quantitative estimate of drug-likeness (QED) is 0.0843. The summed E-state index contributed by atoms with van der Waals surface area (Å²) in [6.45, 7) is 1.40. The van der Waals surface area contributed by atoms with E-state index in [0.717, 1.165) is 12.2 Å². The Hall–Kier alpha value is -4.59. The molecule has 0 radical (unpaired) electrons. The topological polar surface area (TPSA) is 221 Å². The van der Waals surface area contributed by atoms with Crippen molar-refractivity contribution in [3.63, 3.8) is 0 Å². The van der Waals surface area contributed by atoms with Gasteiger partial charge in [-0.15, -0.1) is 0 Å². The van der Waals surface area contributed by atoms with Gasteiger partial charge in [0.2, 0.25) is 0 Å². The number of hydrogen-bond donors (Lipinski definition) is 7. The molecule has 0 aromatic heterocycles. The molecular formula is C30H34O13. The van der Waals surface area contributed by atoms with E-state index < -0.39 is 78.9 Å². The maximum Gasteiger partial charge on any atom is 0.338 e. The van der Waals surface area contributed by atoms with E-state index in [1.54, 1.807) is 0 Å². The Morgan fingerprint density at radius 2 is 1.33 bits per heavy atom. The highest BCUT2D eigenvalue weighted by atomic mass is 16.6. The zero-order chi connectivity index (χ0) is 31.7. The van der Waals surface area contributed by atoms with Crippen LogP contribution < -0.4 is 0 Å². The molecule has 3 atom stereocenters. The molecule has 1 unspecified atom stereocenters. The summed E-state index contributed by atoms with van der Waals surface area (Å²) >= 11 is 0. The minimum absolute atomic E-state index is 0.322. The van der Waals surface area contributed by atoms with Crippen molar-refractivity contribution >= 4 is 30.1 Å². The van der Waals surface area contributed by atoms with Crippen molar-refractivity contribution in [2.24, 2.45) is 0 Å². The molecule has 1 fully saturated rings. The van der Waals surface area contributed by atoms with Crippen LogP contribution in [0.2, 0.25) is 0 Å². The molecule has 0 saturated heterocycles. The van der Waals surface area contributed by atoms with Crippen LogP contribution in [0.1, 0.15) is 43.7 Å². The first kappa shape index (κ1) is 32.9. The van der Waals surface area contributed by atoms with Crippen molar-refractivity contribution in [1.29, 1.82) is 0 Å². The van der Waals surface area contributed by atoms with Gasteiger partial charge < -0.3 is 50.0 Å². The number of carbonyl (C=O) groups is 3. The molecule has 7 N–H and O–H groups in total. The van der Waals surface area contributed by atoms with E-state index in [4.69, 9.17) is 14.2 Å². The summed E-state index contributed by atoms with van der Waals surface area (Å²) in [5.41, 5.74) is -1.73. The minimum atomic E-state index is -2.38. The predicted molar refractivity (Wildman–Crippen MR) is 149 cm³/mol. The smallest absolute Gasteiger partial charge is 0.338 e. The van der Waals surface area contributed by atoms with Gasteiger partial charge in [0.05, 0.1) is 6.10 Å². The number of aromatic hydroxyl groups is 4. The van der Waals surface area contributed by atoms with Crippen molar-refractivity contribution in [2.45, 2.75) is 62.6 Å². The Balaban J connectivity index is 1.77. The summed E-state index contributed by atoms with van der Waals surface area (Å²) in [6.07, 6.45) is -1.66. The van der Waals surface area contributed by atoms with Gasteiger partial charge in [-0.3, -0.25) is 0 Å². The van der Waals surface area contributed by atoms with Gasteiger partial charge in [0.1, 0.15) is 24.9 Å². The van der Waals surface area contributed by atoms with Crippen LogP contribution in [0.25, 0.3) is 12.2 Å². The van der Waals surface area contributed by atoms with E-state index in [0.29, 0.717) is 24.0 Å². The Kier molecular flexibility index (Phi) is 11.1. The summed E-state index contributed by atoms with van der Waals surface area (Å²) in [7, 11) is 0. The molecule has 43 heavy (non-hydrogen) atoms. The fraction of sp³-hybridized carbons (Fsp3) is 0.367. The fourth-order valence-electron chi connectivity index (χ4n) is 4.34. The van der Waals surface area contributed by atoms with Gasteiger partial charge in [0.15, 0.2) is 28.6 Å². The van der Waals surface area contributed by atoms with E-state index in [2.05, 4.69) is 0 Å². The lowest BCUT2D eigenvalue weighted by atomic mass is 9.79. The third-order valence-electron chi connectivity index (χ3n) is 6.61. The highest BCUT2D eigenvalue weighted by Gasteiger charge is 2.53. The molecule has 0 spiro atoms. The predicted octanol–water partition coefficient (Wildman–Crippen LogP) is 1.65. The molecule has 13 heteroatoms. The van der Waals surface area contributed by atoms with Gasteiger partial charge in [-0.2, -0.15) is 0 Å². The Morgan fingerprint density at radius 3 is 1.74 bits per heavy atom. The molecule has 3 rings (SSSR count). The number of phenolic OH excluding ortho intramolecular Hbond substituents is 4. The largest absolute Gasteiger partial charge is 0.504 e. The van der Waals surface area contributed by atoms with Gasteiger partial charge in [-0.05, 0) is 54.0 Å². The lowest BCUT2D eigenvalue weighted by Gasteiger charge is -2.41. The lowest BCUT2D eigenvalue weighted by Crippen LogP contribution is -2.58. The first-order valence-electron chi connectivity index (χ1n) is 13.4. The van der Waals surface area contributed by atoms with Gasteiger partial charge in [-0.1, -0.05) is 25.5 Å². The molecule has 13 nitrogen and oxygen atoms in total. The first-order chi connectivity index (χ1) is 20.3. The van der Waals surface area contributed by atoms with Crippen molar-refractivity contribution in [3.05, 3.63) is 59.7 Å². The zero-order valence-corrected chi connectivity index (χ0v) is 23.2. The van der Waals surface area contributed by atoms with Crippen LogP contribution in [-0.2, 0) is 28.6 Å². The van der Waals surface area contributed by atoms with E-state index in [-0.39, 0.29) is 11.5 Å². The van der Waals surface area contributed by atoms with Crippen LogP contribution >= 0.6 is 0 Å². The third kappa shape index (κ3) is 9.20. The minimum Gasteiger partial charge on any atom is -0.504 e. The molecule has 0 aliphatic heterocycles. The van der Waals surface area contributed by atoms with Gasteiger partial charge in [-0.25, -0.2) is 14.4 Å². The number of aliphatic hydroxyl groups is 3. The zero-order valence-electron chi connectivity index (χ0n) is 23.2. The number of benzene rings is 2. The van der Waals surface area contributed by atoms with Crippen LogP contribution in [0.5, 0.6) is 23.0 Å². The Bertz CT molecular complexity index is 1280. The second-order valence-electron chi connectivity index (χ2n) is 10.1. The number of esters is 3. The number of phenols is 4. The summed E-state index contributed by atoms with van der Waals surface area (Å²) in [5.74, 6) is -4.78. The number of carbonyl (C=O) groups excluding carboxylic acids is 3. The van der Waals surface area contributed by atoms with Crippen molar-refractivity contribution in [1.82, 2.24) is 0 Å². The van der Waals surface area contributed by atoms with Crippen LogP contribution in [0.4, 0.5) is 0 Å². The fourth-order valence-corrected chi connectivity index (χ4v) is 4.34. The molecule has 0 bridgehead atoms. The van der Waals surface area contributed by atoms with Crippen LogP contribution in [-0.4, -0.2) is 90.3 Å². The molecule has 1 aliphatic rings. The average molecular weight is 603 g/mol. The van der Waals surface area contributed by atoms with Crippen LogP contribution in [0.3, 0.4) is 0 Å². The summed E-state index contributed by atoms with van der Waals surface area (Å²) in [5, 5.41) is 70.1. The lowest BCUT2D eigenvalue weighted by molar-refractivity contribution is -0.207. The molecule has 0 heterocycles. The molecule has 2 aromatic rings. The van der Waals surface area contributed by atoms with E-state index in [9.17, 15) is 50.1 Å². The average Bonchev–Trinajstić information content (AvgIpc) is 2.95. The van der Waals surface area contributed by atoms with Gasteiger partial charge >= 0.3 is 17.9 Å². The molecule has 232 valence electrons. The van der Waals surface area contributed by atoms with Crippen molar-refractivity contribution in [3.8, 4) is 23.0 Å². The first-order valence-corrected chi connectivity index (χ1v) is 13.4. The highest BCUT2D eigenvalue weighted by molar-refractivity contribution is 5.88. The Morgan fingerprint density at radius 1 is 0.860 bits per heavy atom. The van der Waals surface area contributed by atoms with Crippen molar-refractivity contribution in [2.75, 3.05) is 6.61 Å². The third-order valence-corrected chi connectivity index (χ3v) is 6.61. The van der Waals surface area contributed by atoms with Crippen LogP contribution in [0, 0.1) is 0 Å². The standard InChI is InChI=1S/C30H34O13/c1-2-3-19(31)16-41-29(39)30(40)14-24(42-26(36)10-6-17-4-8-20(32)22(34)12-17)28(38)25(15-30)43-27(37)11-7-18-5-9-21(33)23(35)13-18/h4-13,19,24-25,28,31-35,38,40H,2-3,14-16H2,1H3/b10-6+,11-7+/t19?,24-,25-,28?,30?/m1/s1. The van der Waals surface area contributed by atoms with E-state index in [1.165, 1.54) is 48.6 Å². The van der Waals surface area contributed by atoms with Gasteiger partial charge in [0, 0.05) is 25.0 Å². The van der Waals surface area contributed by atoms with Gasteiger partial charge in [0.25, 0.3) is 0 Å². The summed E-state index contributed by atoms with van der Waals surface area (Å²) < 4.78 is 15.7. The summed E-state index contributed by atoms with van der Waals surface area (Å²) in [4.78, 5) is 38.0. The number of hydrogen-bond acceptors (Lipinski definition) is 13. The van der Waals surface area contributed by atoms with Crippen LogP contribution in [0.15, 0.2) is 48.6 Å². The normalized spacial score (nSPS) is 22.7. The van der Waals surface area contributed by atoms with Crippen molar-refractivity contribution < 1.29 is 64.3 Å². The maximum atomic E-state index is 12.9. The number of rotatable bonds is 11. The number of ether oxygens (including phenoxy) is 3. The second kappa shape index (κ2) is 14.5. The second-order valence-corrected chi connectivity index (χ2v) is 10.1. The summed E-state index contributed by atoms with van der Waals surface area (Å²) in [6, 6.07) is 7.56. The maximum absolute atomic E-state index is 12.9.